The maximum absolute atomic E-state index is 12.5. The lowest BCUT2D eigenvalue weighted by Gasteiger charge is -2.27. The molecule has 130 valence electrons. The van der Waals surface area contributed by atoms with E-state index in [4.69, 9.17) is 4.74 Å². The van der Waals surface area contributed by atoms with Crippen LogP contribution in [0, 0.1) is 0 Å². The monoisotopic (exact) mass is 401 g/mol. The molecule has 0 aliphatic heterocycles. The van der Waals surface area contributed by atoms with Crippen molar-refractivity contribution in [3.05, 3.63) is 69.7 Å². The Hall–Kier alpha value is -2.14. The van der Waals surface area contributed by atoms with E-state index in [1.165, 1.54) is 5.56 Å². The normalized spacial score (nSPS) is 17.3. The second-order valence-electron chi connectivity index (χ2n) is 6.18. The lowest BCUT2D eigenvalue weighted by molar-refractivity contribution is -0.130. The lowest BCUT2D eigenvalue weighted by Crippen LogP contribution is -2.39. The first-order valence-electron chi connectivity index (χ1n) is 8.40. The number of hydrogen-bond acceptors (Lipinski definition) is 3. The van der Waals surface area contributed by atoms with Gasteiger partial charge in [0, 0.05) is 4.47 Å². The van der Waals surface area contributed by atoms with Gasteiger partial charge in [-0.3, -0.25) is 4.79 Å². The van der Waals surface area contributed by atoms with Gasteiger partial charge in [0.1, 0.15) is 0 Å². The number of esters is 1. The van der Waals surface area contributed by atoms with Gasteiger partial charge >= 0.3 is 5.97 Å². The Morgan fingerprint density at radius 2 is 1.88 bits per heavy atom. The molecule has 1 aliphatic carbocycles. The van der Waals surface area contributed by atoms with Crippen LogP contribution in [0.5, 0.6) is 0 Å². The molecule has 1 aliphatic rings. The van der Waals surface area contributed by atoms with Crippen molar-refractivity contribution in [3.8, 4) is 0 Å². The topological polar surface area (TPSA) is 55.4 Å². The van der Waals surface area contributed by atoms with Gasteiger partial charge < -0.3 is 10.1 Å². The Labute approximate surface area is 155 Å². The number of carbonyl (C=O) groups is 2. The van der Waals surface area contributed by atoms with Crippen LogP contribution in [-0.2, 0) is 16.0 Å². The minimum atomic E-state index is -0.853. The number of aryl methyl sites for hydroxylation is 1. The molecule has 0 unspecified atom stereocenters. The summed E-state index contributed by atoms with van der Waals surface area (Å²) in [6.07, 6.45) is 2.12. The average molecular weight is 402 g/mol. The fraction of sp³-hybridized carbons (Fsp3) is 0.300. The summed E-state index contributed by atoms with van der Waals surface area (Å²) in [5.74, 6) is -0.790. The van der Waals surface area contributed by atoms with E-state index in [-0.39, 0.29) is 11.9 Å². The van der Waals surface area contributed by atoms with Gasteiger partial charge in [0.15, 0.2) is 6.10 Å². The minimum absolute atomic E-state index is 0.0259. The predicted octanol–water partition coefficient (Wildman–Crippen LogP) is 4.19. The molecule has 0 bridgehead atoms. The summed E-state index contributed by atoms with van der Waals surface area (Å²) in [6.45, 7) is 1.60. The van der Waals surface area contributed by atoms with Crippen molar-refractivity contribution < 1.29 is 14.3 Å². The zero-order chi connectivity index (χ0) is 17.8. The van der Waals surface area contributed by atoms with Crippen molar-refractivity contribution in [2.75, 3.05) is 0 Å². The molecule has 5 heteroatoms. The number of rotatable bonds is 4. The molecular weight excluding hydrogens is 382 g/mol. The van der Waals surface area contributed by atoms with Crippen LogP contribution in [0.4, 0.5) is 0 Å². The molecule has 0 radical (unpaired) electrons. The summed E-state index contributed by atoms with van der Waals surface area (Å²) in [7, 11) is 0. The molecule has 2 aromatic carbocycles. The third kappa shape index (κ3) is 4.10. The molecule has 4 nitrogen and oxygen atoms in total. The van der Waals surface area contributed by atoms with Crippen LogP contribution >= 0.6 is 15.9 Å². The lowest BCUT2D eigenvalue weighted by atomic mass is 9.87. The highest BCUT2D eigenvalue weighted by Gasteiger charge is 2.25. The van der Waals surface area contributed by atoms with E-state index >= 15 is 0 Å². The molecule has 25 heavy (non-hydrogen) atoms. The van der Waals surface area contributed by atoms with Gasteiger partial charge in [0.05, 0.1) is 11.6 Å². The molecule has 1 N–H and O–H groups in total. The number of hydrogen-bond donors (Lipinski definition) is 1. The molecule has 0 aromatic heterocycles. The summed E-state index contributed by atoms with van der Waals surface area (Å²) in [5, 5.41) is 3.02. The first-order valence-corrected chi connectivity index (χ1v) is 9.19. The first-order chi connectivity index (χ1) is 12.1. The van der Waals surface area contributed by atoms with Crippen LogP contribution in [0.3, 0.4) is 0 Å². The van der Waals surface area contributed by atoms with Crippen LogP contribution in [0.2, 0.25) is 0 Å². The van der Waals surface area contributed by atoms with Crippen LogP contribution in [0.25, 0.3) is 0 Å². The second-order valence-corrected chi connectivity index (χ2v) is 7.03. The predicted molar refractivity (Wildman–Crippen MR) is 99.3 cm³/mol. The van der Waals surface area contributed by atoms with E-state index in [1.54, 1.807) is 25.1 Å². The fourth-order valence-electron chi connectivity index (χ4n) is 3.10. The Morgan fingerprint density at radius 1 is 1.16 bits per heavy atom. The Morgan fingerprint density at radius 3 is 2.68 bits per heavy atom. The summed E-state index contributed by atoms with van der Waals surface area (Å²) < 4.78 is 5.97. The van der Waals surface area contributed by atoms with Crippen molar-refractivity contribution in [3.63, 3.8) is 0 Å². The molecule has 2 atom stereocenters. The van der Waals surface area contributed by atoms with Gasteiger partial charge in [-0.05, 0) is 65.4 Å². The average Bonchev–Trinajstić information content (AvgIpc) is 2.62. The highest BCUT2D eigenvalue weighted by Crippen LogP contribution is 2.29. The van der Waals surface area contributed by atoms with Crippen LogP contribution in [-0.4, -0.2) is 18.0 Å². The third-order valence-electron chi connectivity index (χ3n) is 4.43. The molecule has 3 rings (SSSR count). The second kappa shape index (κ2) is 7.83. The summed E-state index contributed by atoms with van der Waals surface area (Å²) >= 11 is 3.32. The van der Waals surface area contributed by atoms with Crippen LogP contribution in [0.1, 0.15) is 47.3 Å². The number of benzene rings is 2. The van der Waals surface area contributed by atoms with Gasteiger partial charge in [-0.25, -0.2) is 4.79 Å². The van der Waals surface area contributed by atoms with Crippen molar-refractivity contribution in [2.45, 2.75) is 38.3 Å². The molecule has 0 saturated carbocycles. The van der Waals surface area contributed by atoms with Crippen molar-refractivity contribution in [2.24, 2.45) is 0 Å². The van der Waals surface area contributed by atoms with Crippen LogP contribution < -0.4 is 5.32 Å². The van der Waals surface area contributed by atoms with Gasteiger partial charge in [-0.15, -0.1) is 0 Å². The molecule has 2 aromatic rings. The van der Waals surface area contributed by atoms with Crippen molar-refractivity contribution >= 4 is 27.8 Å². The van der Waals surface area contributed by atoms with Gasteiger partial charge in [0.2, 0.25) is 0 Å². The standard InChI is InChI=1S/C20H20BrNO3/c1-13(25-20(24)16-10-4-5-11-17(16)21)19(23)22-18-12-6-8-14-7-2-3-9-15(14)18/h2-5,7,9-11,13,18H,6,8,12H2,1H3,(H,22,23)/t13-,18-/m0/s1. The Bertz CT molecular complexity index is 790. The zero-order valence-corrected chi connectivity index (χ0v) is 15.6. The summed E-state index contributed by atoms with van der Waals surface area (Å²) in [4.78, 5) is 24.7. The van der Waals surface area contributed by atoms with Crippen molar-refractivity contribution in [1.82, 2.24) is 5.32 Å². The van der Waals surface area contributed by atoms with E-state index < -0.39 is 12.1 Å². The van der Waals surface area contributed by atoms with Crippen molar-refractivity contribution in [1.29, 1.82) is 0 Å². The largest absolute Gasteiger partial charge is 0.449 e. The molecule has 0 fully saturated rings. The first kappa shape index (κ1) is 17.7. The van der Waals surface area contributed by atoms with Gasteiger partial charge in [-0.2, -0.15) is 0 Å². The molecule has 0 heterocycles. The number of nitrogens with one attached hydrogen (secondary N) is 1. The van der Waals surface area contributed by atoms with E-state index in [0.717, 1.165) is 24.8 Å². The highest BCUT2D eigenvalue weighted by atomic mass is 79.9. The molecule has 0 spiro atoms. The third-order valence-corrected chi connectivity index (χ3v) is 5.12. The number of fused-ring (bicyclic) bond motifs is 1. The van der Waals surface area contributed by atoms with E-state index in [2.05, 4.69) is 33.4 Å². The number of ether oxygens (including phenoxy) is 1. The fourth-order valence-corrected chi connectivity index (χ4v) is 3.54. The highest BCUT2D eigenvalue weighted by molar-refractivity contribution is 9.10. The Kier molecular flexibility index (Phi) is 5.53. The van der Waals surface area contributed by atoms with Gasteiger partial charge in [-0.1, -0.05) is 36.4 Å². The molecular formula is C20H20BrNO3. The Balaban J connectivity index is 1.64. The number of carbonyl (C=O) groups excluding carboxylic acids is 2. The maximum Gasteiger partial charge on any atom is 0.340 e. The summed E-state index contributed by atoms with van der Waals surface area (Å²) in [6, 6.07) is 15.1. The maximum atomic E-state index is 12.5. The number of halogens is 1. The SMILES string of the molecule is C[C@H](OC(=O)c1ccccc1Br)C(=O)N[C@H]1CCCc2ccccc21. The number of amides is 1. The zero-order valence-electron chi connectivity index (χ0n) is 14.0. The smallest absolute Gasteiger partial charge is 0.340 e. The van der Waals surface area contributed by atoms with E-state index in [9.17, 15) is 9.59 Å². The molecule has 0 saturated heterocycles. The van der Waals surface area contributed by atoms with E-state index in [0.29, 0.717) is 10.0 Å². The quantitative estimate of drug-likeness (QED) is 0.781. The molecule has 1 amide bonds. The summed E-state index contributed by atoms with van der Waals surface area (Å²) in [5.41, 5.74) is 2.84. The van der Waals surface area contributed by atoms with Crippen LogP contribution in [0.15, 0.2) is 53.0 Å². The van der Waals surface area contributed by atoms with E-state index in [1.807, 2.05) is 18.2 Å². The minimum Gasteiger partial charge on any atom is -0.449 e. The van der Waals surface area contributed by atoms with Gasteiger partial charge in [0.25, 0.3) is 5.91 Å².